The van der Waals surface area contributed by atoms with Crippen LogP contribution in [0, 0.1) is 0 Å². The van der Waals surface area contributed by atoms with Gasteiger partial charge in [0.15, 0.2) is 5.82 Å². The number of hydrogen-bond acceptors (Lipinski definition) is 4. The molecule has 1 aromatic heterocycles. The lowest BCUT2D eigenvalue weighted by Crippen LogP contribution is -2.30. The molecule has 0 bridgehead atoms. The van der Waals surface area contributed by atoms with E-state index in [1.54, 1.807) is 6.92 Å². The first-order valence-corrected chi connectivity index (χ1v) is 8.70. The van der Waals surface area contributed by atoms with Crippen LogP contribution in [0.3, 0.4) is 0 Å². The van der Waals surface area contributed by atoms with E-state index in [4.69, 9.17) is 11.6 Å². The zero-order valence-electron chi connectivity index (χ0n) is 11.0. The quantitative estimate of drug-likeness (QED) is 0.607. The minimum absolute atomic E-state index is 0.102. The molecule has 1 atom stereocenters. The first-order valence-electron chi connectivity index (χ1n) is 6.51. The average molecular weight is 307 g/mol. The zero-order valence-corrected chi connectivity index (χ0v) is 12.5. The van der Waals surface area contributed by atoms with E-state index in [1.807, 2.05) is 4.57 Å². The van der Waals surface area contributed by atoms with Crippen LogP contribution in [0.25, 0.3) is 0 Å². The first kappa shape index (κ1) is 14.7. The van der Waals surface area contributed by atoms with Gasteiger partial charge < -0.3 is 4.57 Å². The van der Waals surface area contributed by atoms with Crippen LogP contribution in [-0.2, 0) is 23.0 Å². The number of fused-ring (bicyclic) bond motifs is 1. The molecule has 0 aromatic carbocycles. The predicted molar refractivity (Wildman–Crippen MR) is 73.6 cm³/mol. The summed E-state index contributed by atoms with van der Waals surface area (Å²) in [6.07, 6.45) is 3.25. The van der Waals surface area contributed by atoms with Gasteiger partial charge >= 0.3 is 0 Å². The SMILES string of the molecule is CC(NS(=O)(=O)CCCCCl)c1nnc2n1CCC2. The Balaban J connectivity index is 1.98. The number of nitrogens with one attached hydrogen (secondary N) is 1. The Kier molecular flexibility index (Phi) is 4.81. The van der Waals surface area contributed by atoms with E-state index in [0.717, 1.165) is 25.2 Å². The molecular formula is C11H19ClN4O2S. The van der Waals surface area contributed by atoms with E-state index in [2.05, 4.69) is 14.9 Å². The van der Waals surface area contributed by atoms with Crippen LogP contribution >= 0.6 is 11.6 Å². The van der Waals surface area contributed by atoms with Crippen molar-refractivity contribution in [2.24, 2.45) is 0 Å². The Morgan fingerprint density at radius 2 is 2.21 bits per heavy atom. The summed E-state index contributed by atoms with van der Waals surface area (Å²) in [5.74, 6) is 2.24. The molecule has 2 heterocycles. The highest BCUT2D eigenvalue weighted by Gasteiger charge is 2.24. The highest BCUT2D eigenvalue weighted by atomic mass is 35.5. The molecule has 0 fully saturated rings. The minimum atomic E-state index is -3.29. The minimum Gasteiger partial charge on any atom is -0.314 e. The van der Waals surface area contributed by atoms with Gasteiger partial charge in [-0.1, -0.05) is 0 Å². The smallest absolute Gasteiger partial charge is 0.212 e. The van der Waals surface area contributed by atoms with Crippen LogP contribution in [0.4, 0.5) is 0 Å². The molecule has 0 saturated heterocycles. The highest BCUT2D eigenvalue weighted by Crippen LogP contribution is 2.19. The number of alkyl halides is 1. The second-order valence-electron chi connectivity index (χ2n) is 4.78. The normalized spacial score (nSPS) is 16.5. The number of hydrogen-bond donors (Lipinski definition) is 1. The summed E-state index contributed by atoms with van der Waals surface area (Å²) in [6, 6.07) is -0.347. The van der Waals surface area contributed by atoms with Gasteiger partial charge in [0, 0.05) is 18.8 Å². The Hall–Kier alpha value is -0.660. The molecule has 6 nitrogen and oxygen atoms in total. The van der Waals surface area contributed by atoms with Gasteiger partial charge in [-0.05, 0) is 26.2 Å². The lowest BCUT2D eigenvalue weighted by atomic mass is 10.3. The molecule has 0 saturated carbocycles. The monoisotopic (exact) mass is 306 g/mol. The summed E-state index contributed by atoms with van der Waals surface area (Å²) >= 11 is 5.54. The van der Waals surface area contributed by atoms with Crippen molar-refractivity contribution in [3.05, 3.63) is 11.6 Å². The molecule has 1 N–H and O–H groups in total. The third-order valence-corrected chi connectivity index (χ3v) is 4.98. The summed E-state index contributed by atoms with van der Waals surface area (Å²) in [4.78, 5) is 0. The van der Waals surface area contributed by atoms with Crippen molar-refractivity contribution in [2.75, 3.05) is 11.6 Å². The largest absolute Gasteiger partial charge is 0.314 e. The molecule has 2 rings (SSSR count). The first-order chi connectivity index (χ1) is 9.03. The fourth-order valence-electron chi connectivity index (χ4n) is 2.26. The maximum atomic E-state index is 11.9. The second kappa shape index (κ2) is 6.19. The molecule has 0 aliphatic carbocycles. The third kappa shape index (κ3) is 3.67. The van der Waals surface area contributed by atoms with Crippen molar-refractivity contribution < 1.29 is 8.42 Å². The van der Waals surface area contributed by atoms with Crippen molar-refractivity contribution in [1.29, 1.82) is 0 Å². The van der Waals surface area contributed by atoms with Gasteiger partial charge in [-0.3, -0.25) is 0 Å². The Morgan fingerprint density at radius 1 is 1.42 bits per heavy atom. The summed E-state index contributed by atoms with van der Waals surface area (Å²) in [5.41, 5.74) is 0. The number of sulfonamides is 1. The van der Waals surface area contributed by atoms with Crippen molar-refractivity contribution in [1.82, 2.24) is 19.5 Å². The molecule has 108 valence electrons. The van der Waals surface area contributed by atoms with Crippen molar-refractivity contribution in [3.63, 3.8) is 0 Å². The summed E-state index contributed by atoms with van der Waals surface area (Å²) in [6.45, 7) is 2.67. The van der Waals surface area contributed by atoms with Crippen LogP contribution in [-0.4, -0.2) is 34.8 Å². The lowest BCUT2D eigenvalue weighted by Gasteiger charge is -2.14. The molecule has 1 aromatic rings. The van der Waals surface area contributed by atoms with E-state index >= 15 is 0 Å². The fraction of sp³-hybridized carbons (Fsp3) is 0.818. The second-order valence-corrected chi connectivity index (χ2v) is 7.04. The predicted octanol–water partition coefficient (Wildman–Crippen LogP) is 1.22. The van der Waals surface area contributed by atoms with Gasteiger partial charge in [0.2, 0.25) is 10.0 Å². The summed E-state index contributed by atoms with van der Waals surface area (Å²) in [5, 5.41) is 8.17. The van der Waals surface area contributed by atoms with E-state index in [1.165, 1.54) is 0 Å². The molecule has 19 heavy (non-hydrogen) atoms. The highest BCUT2D eigenvalue weighted by molar-refractivity contribution is 7.89. The Labute approximate surface area is 118 Å². The third-order valence-electron chi connectivity index (χ3n) is 3.18. The number of aromatic nitrogens is 3. The molecule has 8 heteroatoms. The number of unbranched alkanes of at least 4 members (excludes halogenated alkanes) is 1. The average Bonchev–Trinajstić information content (AvgIpc) is 2.89. The standard InChI is InChI=1S/C11H19ClN4O2S/c1-9(15-19(17,18)8-3-2-6-12)11-14-13-10-5-4-7-16(10)11/h9,15H,2-8H2,1H3. The van der Waals surface area contributed by atoms with Crippen molar-refractivity contribution >= 4 is 21.6 Å². The van der Waals surface area contributed by atoms with Crippen LogP contribution in [0.5, 0.6) is 0 Å². The van der Waals surface area contributed by atoms with E-state index in [9.17, 15) is 8.42 Å². The van der Waals surface area contributed by atoms with Gasteiger partial charge in [-0.25, -0.2) is 13.1 Å². The van der Waals surface area contributed by atoms with Gasteiger partial charge in [0.25, 0.3) is 0 Å². The zero-order chi connectivity index (χ0) is 13.9. The molecule has 1 aliphatic rings. The van der Waals surface area contributed by atoms with Gasteiger partial charge in [-0.15, -0.1) is 21.8 Å². The fourth-order valence-corrected chi connectivity index (χ4v) is 3.80. The topological polar surface area (TPSA) is 76.9 Å². The van der Waals surface area contributed by atoms with Gasteiger partial charge in [0.05, 0.1) is 11.8 Å². The van der Waals surface area contributed by atoms with Crippen molar-refractivity contribution in [3.8, 4) is 0 Å². The van der Waals surface area contributed by atoms with Crippen LogP contribution in [0.2, 0.25) is 0 Å². The maximum Gasteiger partial charge on any atom is 0.212 e. The summed E-state index contributed by atoms with van der Waals surface area (Å²) in [7, 11) is -3.29. The Bertz CT molecular complexity index is 529. The molecule has 0 amide bonds. The molecular weight excluding hydrogens is 288 g/mol. The number of nitrogens with zero attached hydrogens (tertiary/aromatic N) is 3. The molecule has 0 spiro atoms. The molecule has 0 radical (unpaired) electrons. The van der Waals surface area contributed by atoms with Crippen LogP contribution < -0.4 is 4.72 Å². The number of halogens is 1. The van der Waals surface area contributed by atoms with Crippen molar-refractivity contribution in [2.45, 2.75) is 45.2 Å². The van der Waals surface area contributed by atoms with E-state index < -0.39 is 10.0 Å². The van der Waals surface area contributed by atoms with E-state index in [0.29, 0.717) is 24.5 Å². The van der Waals surface area contributed by atoms with Gasteiger partial charge in [0.1, 0.15) is 5.82 Å². The molecule has 1 aliphatic heterocycles. The van der Waals surface area contributed by atoms with E-state index in [-0.39, 0.29) is 11.8 Å². The molecule has 1 unspecified atom stereocenters. The van der Waals surface area contributed by atoms with Gasteiger partial charge in [-0.2, -0.15) is 0 Å². The lowest BCUT2D eigenvalue weighted by molar-refractivity contribution is 0.544. The Morgan fingerprint density at radius 3 is 2.95 bits per heavy atom. The number of aryl methyl sites for hydroxylation is 1. The maximum absolute atomic E-state index is 11.9. The van der Waals surface area contributed by atoms with Crippen LogP contribution in [0.15, 0.2) is 0 Å². The summed E-state index contributed by atoms with van der Waals surface area (Å²) < 4.78 is 28.5. The van der Waals surface area contributed by atoms with Crippen LogP contribution in [0.1, 0.15) is 43.9 Å². The number of rotatable bonds is 7.